The number of alkyl halides is 3. The molecule has 0 spiro atoms. The van der Waals surface area contributed by atoms with Gasteiger partial charge in [-0.3, -0.25) is 0 Å². The van der Waals surface area contributed by atoms with Crippen LogP contribution in [0, 0.1) is 0 Å². The maximum atomic E-state index is 13.9. The van der Waals surface area contributed by atoms with Gasteiger partial charge >= 0.3 is 0 Å². The third-order valence-electron chi connectivity index (χ3n) is 4.40. The average molecular weight is 388 g/mol. The Labute approximate surface area is 158 Å². The Kier molecular flexibility index (Phi) is 4.44. The van der Waals surface area contributed by atoms with Crippen LogP contribution in [0.5, 0.6) is 0 Å². The van der Waals surface area contributed by atoms with Crippen molar-refractivity contribution >= 4 is 22.6 Å². The van der Waals surface area contributed by atoms with Gasteiger partial charge in [0.15, 0.2) is 6.17 Å². The van der Waals surface area contributed by atoms with Crippen molar-refractivity contribution in [3.63, 3.8) is 0 Å². The second kappa shape index (κ2) is 6.81. The van der Waals surface area contributed by atoms with Crippen LogP contribution in [0.2, 0.25) is 0 Å². The van der Waals surface area contributed by atoms with E-state index < -0.39 is 18.5 Å². The molecule has 0 saturated carbocycles. The van der Waals surface area contributed by atoms with Crippen molar-refractivity contribution in [1.82, 2.24) is 24.3 Å². The number of aromatic nitrogens is 5. The van der Waals surface area contributed by atoms with Crippen molar-refractivity contribution < 1.29 is 13.2 Å². The standard InChI is InChI=1S/C19H19F3N6/c1-19(2,22)10-26-18-25-7-13-12(6-24-17(13)27-18)11-3-4-16-23-8-15(14(21)5-20)28(16)9-11/h3-4,6-9,14H,5,10H2,1-2H3,(H2,24,25,26,27). The third kappa shape index (κ3) is 3.39. The van der Waals surface area contributed by atoms with Crippen LogP contribution in [0.25, 0.3) is 27.8 Å². The quantitative estimate of drug-likeness (QED) is 0.513. The number of pyridine rings is 1. The molecule has 4 rings (SSSR count). The summed E-state index contributed by atoms with van der Waals surface area (Å²) in [5.74, 6) is 0.321. The van der Waals surface area contributed by atoms with Gasteiger partial charge in [0.05, 0.1) is 18.4 Å². The molecule has 0 amide bonds. The van der Waals surface area contributed by atoms with Crippen LogP contribution < -0.4 is 5.32 Å². The van der Waals surface area contributed by atoms with Gasteiger partial charge in [-0.15, -0.1) is 0 Å². The van der Waals surface area contributed by atoms with Crippen molar-refractivity contribution in [2.45, 2.75) is 25.7 Å². The summed E-state index contributed by atoms with van der Waals surface area (Å²) >= 11 is 0. The summed E-state index contributed by atoms with van der Waals surface area (Å²) in [6, 6.07) is 3.58. The van der Waals surface area contributed by atoms with E-state index in [2.05, 4.69) is 25.3 Å². The SMILES string of the molecule is CC(C)(F)CNc1ncc2c(-c3ccc4ncc(C(F)CF)n4c3)c[nH]c2n1. The van der Waals surface area contributed by atoms with Gasteiger partial charge in [-0.2, -0.15) is 4.98 Å². The van der Waals surface area contributed by atoms with Crippen LogP contribution in [0.1, 0.15) is 25.7 Å². The van der Waals surface area contributed by atoms with Crippen LogP contribution in [0.3, 0.4) is 0 Å². The fraction of sp³-hybridized carbons (Fsp3) is 0.316. The highest BCUT2D eigenvalue weighted by Crippen LogP contribution is 2.29. The van der Waals surface area contributed by atoms with E-state index in [1.165, 1.54) is 20.0 Å². The highest BCUT2D eigenvalue weighted by Gasteiger charge is 2.18. The number of H-pyrrole nitrogens is 1. The number of fused-ring (bicyclic) bond motifs is 2. The molecular formula is C19H19F3N6. The van der Waals surface area contributed by atoms with E-state index in [4.69, 9.17) is 0 Å². The molecule has 1 atom stereocenters. The zero-order valence-electron chi connectivity index (χ0n) is 15.4. The normalized spacial score (nSPS) is 13.3. The predicted molar refractivity (Wildman–Crippen MR) is 102 cm³/mol. The lowest BCUT2D eigenvalue weighted by Gasteiger charge is -2.14. The van der Waals surface area contributed by atoms with E-state index in [1.807, 2.05) is 6.07 Å². The van der Waals surface area contributed by atoms with Gasteiger partial charge in [0.2, 0.25) is 5.95 Å². The van der Waals surface area contributed by atoms with Crippen molar-refractivity contribution in [2.24, 2.45) is 0 Å². The van der Waals surface area contributed by atoms with Crippen LogP contribution >= 0.6 is 0 Å². The number of rotatable bonds is 6. The lowest BCUT2D eigenvalue weighted by molar-refractivity contribution is 0.234. The first-order valence-corrected chi connectivity index (χ1v) is 8.80. The van der Waals surface area contributed by atoms with E-state index in [1.54, 1.807) is 29.1 Å². The number of halogens is 3. The van der Waals surface area contributed by atoms with Crippen molar-refractivity contribution in [1.29, 1.82) is 0 Å². The molecular weight excluding hydrogens is 369 g/mol. The maximum absolute atomic E-state index is 13.9. The predicted octanol–water partition coefficient (Wildman–Crippen LogP) is 4.41. The Bertz CT molecular complexity index is 1130. The molecule has 0 fully saturated rings. The molecule has 4 aromatic heterocycles. The minimum absolute atomic E-state index is 0.0884. The average Bonchev–Trinajstić information content (AvgIpc) is 3.28. The monoisotopic (exact) mass is 388 g/mol. The van der Waals surface area contributed by atoms with Crippen LogP contribution in [-0.2, 0) is 0 Å². The highest BCUT2D eigenvalue weighted by atomic mass is 19.2. The van der Waals surface area contributed by atoms with Crippen molar-refractivity contribution in [3.05, 3.63) is 42.6 Å². The van der Waals surface area contributed by atoms with Gasteiger partial charge < -0.3 is 14.7 Å². The van der Waals surface area contributed by atoms with Gasteiger partial charge in [-0.1, -0.05) is 0 Å². The van der Waals surface area contributed by atoms with Gasteiger partial charge in [0, 0.05) is 35.1 Å². The molecule has 0 aliphatic rings. The largest absolute Gasteiger partial charge is 0.351 e. The van der Waals surface area contributed by atoms with E-state index >= 15 is 0 Å². The zero-order chi connectivity index (χ0) is 19.9. The van der Waals surface area contributed by atoms with Crippen LogP contribution in [-0.4, -0.2) is 43.2 Å². The fourth-order valence-electron chi connectivity index (χ4n) is 2.99. The Morgan fingerprint density at radius 1 is 1.25 bits per heavy atom. The minimum atomic E-state index is -1.73. The van der Waals surface area contributed by atoms with Crippen LogP contribution in [0.15, 0.2) is 36.9 Å². The molecule has 0 aliphatic carbocycles. The molecule has 4 aromatic rings. The van der Waals surface area contributed by atoms with E-state index in [0.29, 0.717) is 17.2 Å². The van der Waals surface area contributed by atoms with Gasteiger partial charge in [-0.05, 0) is 26.0 Å². The van der Waals surface area contributed by atoms with Crippen molar-refractivity contribution in [2.75, 3.05) is 18.5 Å². The Hall–Kier alpha value is -3.10. The molecule has 2 N–H and O–H groups in total. The van der Waals surface area contributed by atoms with E-state index in [0.717, 1.165) is 16.5 Å². The number of imidazole rings is 1. The lowest BCUT2D eigenvalue weighted by atomic mass is 10.1. The number of aromatic amines is 1. The molecule has 146 valence electrons. The molecule has 9 heteroatoms. The molecule has 0 aromatic carbocycles. The fourth-order valence-corrected chi connectivity index (χ4v) is 2.99. The summed E-state index contributed by atoms with van der Waals surface area (Å²) in [6.45, 7) is 1.92. The molecule has 28 heavy (non-hydrogen) atoms. The van der Waals surface area contributed by atoms with Gasteiger partial charge in [-0.25, -0.2) is 23.1 Å². The van der Waals surface area contributed by atoms with Gasteiger partial charge in [0.1, 0.15) is 23.6 Å². The van der Waals surface area contributed by atoms with E-state index in [9.17, 15) is 13.2 Å². The topological polar surface area (TPSA) is 70.9 Å². The maximum Gasteiger partial charge on any atom is 0.224 e. The lowest BCUT2D eigenvalue weighted by Crippen LogP contribution is -2.25. The van der Waals surface area contributed by atoms with Gasteiger partial charge in [0.25, 0.3) is 0 Å². The Balaban J connectivity index is 1.71. The number of nitrogens with one attached hydrogen (secondary N) is 2. The summed E-state index contributed by atoms with van der Waals surface area (Å²) in [5.41, 5.74) is 1.48. The molecule has 4 heterocycles. The second-order valence-corrected chi connectivity index (χ2v) is 7.18. The first-order chi connectivity index (χ1) is 13.4. The Morgan fingerprint density at radius 3 is 2.82 bits per heavy atom. The molecule has 1 unspecified atom stereocenters. The van der Waals surface area contributed by atoms with Crippen LogP contribution in [0.4, 0.5) is 19.1 Å². The third-order valence-corrected chi connectivity index (χ3v) is 4.40. The zero-order valence-corrected chi connectivity index (χ0v) is 15.4. The number of hydrogen-bond acceptors (Lipinski definition) is 4. The summed E-state index contributed by atoms with van der Waals surface area (Å²) in [4.78, 5) is 15.8. The molecule has 0 radical (unpaired) electrons. The summed E-state index contributed by atoms with van der Waals surface area (Å²) in [7, 11) is 0. The first-order valence-electron chi connectivity index (χ1n) is 8.80. The van der Waals surface area contributed by atoms with Crippen molar-refractivity contribution in [3.8, 4) is 11.1 Å². The summed E-state index contributed by atoms with van der Waals surface area (Å²) in [5, 5.41) is 3.62. The smallest absolute Gasteiger partial charge is 0.224 e. The first kappa shape index (κ1) is 18.3. The summed E-state index contributed by atoms with van der Waals surface area (Å²) < 4.78 is 41.8. The molecule has 0 saturated heterocycles. The minimum Gasteiger partial charge on any atom is -0.351 e. The summed E-state index contributed by atoms with van der Waals surface area (Å²) in [6.07, 6.45) is 4.72. The molecule has 0 aliphatic heterocycles. The number of hydrogen-bond donors (Lipinski definition) is 2. The number of anilines is 1. The number of nitrogens with zero attached hydrogens (tertiary/aromatic N) is 4. The second-order valence-electron chi connectivity index (χ2n) is 7.18. The van der Waals surface area contributed by atoms with E-state index in [-0.39, 0.29) is 12.2 Å². The Morgan fingerprint density at radius 2 is 2.07 bits per heavy atom. The molecule has 6 nitrogen and oxygen atoms in total. The highest BCUT2D eigenvalue weighted by molar-refractivity contribution is 5.93. The molecule has 0 bridgehead atoms.